The zero-order valence-corrected chi connectivity index (χ0v) is 15.6. The van der Waals surface area contributed by atoms with Gasteiger partial charge < -0.3 is 10.2 Å². The largest absolute Gasteiger partial charge is 0.354 e. The summed E-state index contributed by atoms with van der Waals surface area (Å²) < 4.78 is 26.3. The van der Waals surface area contributed by atoms with Gasteiger partial charge in [-0.15, -0.1) is 11.8 Å². The van der Waals surface area contributed by atoms with E-state index in [-0.39, 0.29) is 23.8 Å². The van der Waals surface area contributed by atoms with Crippen molar-refractivity contribution >= 4 is 23.6 Å². The Bertz CT molecular complexity index is 626. The van der Waals surface area contributed by atoms with E-state index in [2.05, 4.69) is 5.32 Å². The molecule has 1 aromatic rings. The predicted octanol–water partition coefficient (Wildman–Crippen LogP) is 2.96. The molecular formula is C18H24F2N2O2S. The second-order valence-corrected chi connectivity index (χ2v) is 8.44. The Hall–Kier alpha value is -1.63. The average molecular weight is 370 g/mol. The molecule has 0 aliphatic carbocycles. The van der Waals surface area contributed by atoms with E-state index in [4.69, 9.17) is 0 Å². The molecule has 0 aromatic heterocycles. The van der Waals surface area contributed by atoms with Crippen molar-refractivity contribution in [3.63, 3.8) is 0 Å². The van der Waals surface area contributed by atoms with Crippen LogP contribution in [-0.2, 0) is 16.0 Å². The standard InChI is InChI=1S/C18H24F2N2O2S/c1-18(2,3)9-16(23)22-11-25-10-15(22)17(24)21-5-4-12-6-13(19)8-14(20)7-12/h6-8,15H,4-5,9-11H2,1-3H3,(H,21,24). The Morgan fingerprint density at radius 3 is 2.48 bits per heavy atom. The Balaban J connectivity index is 1.88. The maximum absolute atomic E-state index is 13.2. The van der Waals surface area contributed by atoms with Crippen molar-refractivity contribution in [1.29, 1.82) is 0 Å². The summed E-state index contributed by atoms with van der Waals surface area (Å²) in [6.07, 6.45) is 0.718. The molecule has 0 bridgehead atoms. The van der Waals surface area contributed by atoms with Crippen LogP contribution in [0.3, 0.4) is 0 Å². The first-order chi connectivity index (χ1) is 11.7. The van der Waals surface area contributed by atoms with Crippen LogP contribution < -0.4 is 5.32 Å². The van der Waals surface area contributed by atoms with E-state index in [1.54, 1.807) is 16.7 Å². The van der Waals surface area contributed by atoms with Crippen molar-refractivity contribution < 1.29 is 18.4 Å². The second-order valence-electron chi connectivity index (χ2n) is 7.44. The lowest BCUT2D eigenvalue weighted by Gasteiger charge is -2.26. The molecule has 138 valence electrons. The number of hydrogen-bond acceptors (Lipinski definition) is 3. The lowest BCUT2D eigenvalue weighted by Crippen LogP contribution is -2.48. The van der Waals surface area contributed by atoms with E-state index < -0.39 is 17.7 Å². The number of nitrogens with zero attached hydrogens (tertiary/aromatic N) is 1. The van der Waals surface area contributed by atoms with E-state index in [9.17, 15) is 18.4 Å². The minimum absolute atomic E-state index is 0.0233. The number of rotatable bonds is 5. The van der Waals surface area contributed by atoms with Gasteiger partial charge in [-0.05, 0) is 29.5 Å². The third-order valence-corrected chi connectivity index (χ3v) is 4.83. The number of carbonyl (C=O) groups excluding carboxylic acids is 2. The normalized spacial score (nSPS) is 17.6. The summed E-state index contributed by atoms with van der Waals surface area (Å²) in [5.41, 5.74) is 0.353. The van der Waals surface area contributed by atoms with Crippen LogP contribution in [0, 0.1) is 17.0 Å². The third kappa shape index (κ3) is 5.99. The van der Waals surface area contributed by atoms with Gasteiger partial charge in [0.2, 0.25) is 11.8 Å². The molecule has 4 nitrogen and oxygen atoms in total. The molecule has 1 saturated heterocycles. The highest BCUT2D eigenvalue weighted by atomic mass is 32.2. The first-order valence-electron chi connectivity index (χ1n) is 8.25. The van der Waals surface area contributed by atoms with Crippen molar-refractivity contribution in [1.82, 2.24) is 10.2 Å². The van der Waals surface area contributed by atoms with Crippen LogP contribution in [0.25, 0.3) is 0 Å². The number of benzene rings is 1. The Morgan fingerprint density at radius 2 is 1.88 bits per heavy atom. The fourth-order valence-electron chi connectivity index (χ4n) is 2.66. The van der Waals surface area contributed by atoms with E-state index in [1.807, 2.05) is 20.8 Å². The van der Waals surface area contributed by atoms with E-state index in [0.717, 1.165) is 6.07 Å². The van der Waals surface area contributed by atoms with Crippen LogP contribution in [0.15, 0.2) is 18.2 Å². The van der Waals surface area contributed by atoms with Gasteiger partial charge in [-0.25, -0.2) is 8.78 Å². The minimum atomic E-state index is -0.632. The number of thioether (sulfide) groups is 1. The van der Waals surface area contributed by atoms with Gasteiger partial charge in [0.15, 0.2) is 0 Å². The maximum atomic E-state index is 13.2. The fourth-order valence-corrected chi connectivity index (χ4v) is 3.84. The van der Waals surface area contributed by atoms with Gasteiger partial charge in [0, 0.05) is 24.8 Å². The topological polar surface area (TPSA) is 49.4 Å². The molecule has 1 aliphatic heterocycles. The summed E-state index contributed by atoms with van der Waals surface area (Å²) in [6, 6.07) is 2.83. The number of nitrogens with one attached hydrogen (secondary N) is 1. The van der Waals surface area contributed by atoms with Gasteiger partial charge in [0.05, 0.1) is 5.88 Å². The van der Waals surface area contributed by atoms with E-state index in [0.29, 0.717) is 30.0 Å². The molecule has 2 rings (SSSR count). The lowest BCUT2D eigenvalue weighted by atomic mass is 9.91. The molecule has 25 heavy (non-hydrogen) atoms. The molecule has 0 spiro atoms. The van der Waals surface area contributed by atoms with Crippen LogP contribution in [0.5, 0.6) is 0 Å². The van der Waals surface area contributed by atoms with Crippen LogP contribution in [0.4, 0.5) is 8.78 Å². The minimum Gasteiger partial charge on any atom is -0.354 e. The first-order valence-corrected chi connectivity index (χ1v) is 9.41. The van der Waals surface area contributed by atoms with Crippen molar-refractivity contribution in [2.45, 2.75) is 39.7 Å². The molecule has 2 amide bonds. The van der Waals surface area contributed by atoms with E-state index in [1.165, 1.54) is 12.1 Å². The highest BCUT2D eigenvalue weighted by molar-refractivity contribution is 7.99. The van der Waals surface area contributed by atoms with Crippen LogP contribution in [0.2, 0.25) is 0 Å². The SMILES string of the molecule is CC(C)(C)CC(=O)N1CSCC1C(=O)NCCc1cc(F)cc(F)c1. The van der Waals surface area contributed by atoms with Crippen LogP contribution in [0.1, 0.15) is 32.8 Å². The maximum Gasteiger partial charge on any atom is 0.243 e. The smallest absolute Gasteiger partial charge is 0.243 e. The molecule has 1 fully saturated rings. The van der Waals surface area contributed by atoms with Gasteiger partial charge in [0.25, 0.3) is 0 Å². The zero-order valence-electron chi connectivity index (χ0n) is 14.8. The molecular weight excluding hydrogens is 346 g/mol. The van der Waals surface area contributed by atoms with Gasteiger partial charge in [-0.2, -0.15) is 0 Å². The predicted molar refractivity (Wildman–Crippen MR) is 95.1 cm³/mol. The fraction of sp³-hybridized carbons (Fsp3) is 0.556. The van der Waals surface area contributed by atoms with Crippen molar-refractivity contribution in [2.75, 3.05) is 18.2 Å². The van der Waals surface area contributed by atoms with Crippen molar-refractivity contribution in [3.8, 4) is 0 Å². The van der Waals surface area contributed by atoms with E-state index >= 15 is 0 Å². The molecule has 7 heteroatoms. The Kier molecular flexibility index (Phi) is 6.43. The monoisotopic (exact) mass is 370 g/mol. The lowest BCUT2D eigenvalue weighted by molar-refractivity contribution is -0.139. The summed E-state index contributed by atoms with van der Waals surface area (Å²) >= 11 is 1.55. The zero-order chi connectivity index (χ0) is 18.6. The van der Waals surface area contributed by atoms with Gasteiger partial charge >= 0.3 is 0 Å². The molecule has 1 aliphatic rings. The summed E-state index contributed by atoms with van der Waals surface area (Å²) in [5.74, 6) is -0.424. The summed E-state index contributed by atoms with van der Waals surface area (Å²) in [7, 11) is 0. The molecule has 1 N–H and O–H groups in total. The number of carbonyl (C=O) groups is 2. The highest BCUT2D eigenvalue weighted by Crippen LogP contribution is 2.26. The number of halogens is 2. The summed E-state index contributed by atoms with van der Waals surface area (Å²) in [5, 5.41) is 2.77. The Labute approximate surface area is 151 Å². The third-order valence-electron chi connectivity index (χ3n) is 3.82. The average Bonchev–Trinajstić information content (AvgIpc) is 2.93. The van der Waals surface area contributed by atoms with Crippen molar-refractivity contribution in [3.05, 3.63) is 35.4 Å². The van der Waals surface area contributed by atoms with Crippen molar-refractivity contribution in [2.24, 2.45) is 5.41 Å². The van der Waals surface area contributed by atoms with Gasteiger partial charge in [-0.1, -0.05) is 20.8 Å². The molecule has 1 aromatic carbocycles. The summed E-state index contributed by atoms with van der Waals surface area (Å²) in [6.45, 7) is 6.23. The Morgan fingerprint density at radius 1 is 1.24 bits per heavy atom. The summed E-state index contributed by atoms with van der Waals surface area (Å²) in [4.78, 5) is 26.4. The number of amides is 2. The molecule has 1 heterocycles. The van der Waals surface area contributed by atoms with Crippen LogP contribution in [-0.4, -0.2) is 40.9 Å². The second kappa shape index (κ2) is 8.17. The van der Waals surface area contributed by atoms with Crippen LogP contribution >= 0.6 is 11.8 Å². The quantitative estimate of drug-likeness (QED) is 0.867. The number of hydrogen-bond donors (Lipinski definition) is 1. The van der Waals surface area contributed by atoms with Gasteiger partial charge in [-0.3, -0.25) is 9.59 Å². The molecule has 1 atom stereocenters. The molecule has 1 unspecified atom stereocenters. The first kappa shape index (κ1) is 19.7. The highest BCUT2D eigenvalue weighted by Gasteiger charge is 2.35. The molecule has 0 saturated carbocycles. The molecule has 0 radical (unpaired) electrons. The van der Waals surface area contributed by atoms with Gasteiger partial charge in [0.1, 0.15) is 17.7 Å².